The molecule has 0 fully saturated rings. The smallest absolute Gasteiger partial charge is 0.273 e. The number of aliphatic hydroxyl groups excluding tert-OH is 1. The lowest BCUT2D eigenvalue weighted by Crippen LogP contribution is -2.26. The van der Waals surface area contributed by atoms with Gasteiger partial charge in [0.2, 0.25) is 0 Å². The fourth-order valence-corrected chi connectivity index (χ4v) is 1.60. The summed E-state index contributed by atoms with van der Waals surface area (Å²) in [5.41, 5.74) is 7.29. The molecule has 19 heavy (non-hydrogen) atoms. The molecular formula is C12H22N4O3. The van der Waals surface area contributed by atoms with Gasteiger partial charge >= 0.3 is 0 Å². The predicted molar refractivity (Wildman–Crippen MR) is 71.9 cm³/mol. The van der Waals surface area contributed by atoms with E-state index >= 15 is 0 Å². The molecule has 0 aromatic carbocycles. The van der Waals surface area contributed by atoms with Crippen LogP contribution < -0.4 is 11.1 Å². The second-order valence-electron chi connectivity index (χ2n) is 4.50. The Morgan fingerprint density at radius 1 is 1.53 bits per heavy atom. The predicted octanol–water partition coefficient (Wildman–Crippen LogP) is 0.244. The molecule has 1 aromatic rings. The van der Waals surface area contributed by atoms with Gasteiger partial charge in [-0.05, 0) is 12.3 Å². The molecule has 5 N–H and O–H groups in total. The molecule has 0 spiro atoms. The maximum Gasteiger partial charge on any atom is 0.273 e. The van der Waals surface area contributed by atoms with E-state index < -0.39 is 0 Å². The summed E-state index contributed by atoms with van der Waals surface area (Å²) in [7, 11) is 0. The van der Waals surface area contributed by atoms with Crippen molar-refractivity contribution in [2.75, 3.05) is 32.1 Å². The number of nitrogens with zero attached hydrogens (tertiary/aromatic N) is 1. The monoisotopic (exact) mass is 270 g/mol. The van der Waals surface area contributed by atoms with Crippen LogP contribution >= 0.6 is 0 Å². The lowest BCUT2D eigenvalue weighted by atomic mass is 10.1. The Hall–Kier alpha value is -1.60. The lowest BCUT2D eigenvalue weighted by molar-refractivity contribution is 0.0866. The van der Waals surface area contributed by atoms with E-state index in [9.17, 15) is 4.79 Å². The van der Waals surface area contributed by atoms with E-state index in [1.165, 1.54) is 0 Å². The molecule has 0 bridgehead atoms. The van der Waals surface area contributed by atoms with Gasteiger partial charge < -0.3 is 20.9 Å². The van der Waals surface area contributed by atoms with Crippen molar-refractivity contribution < 1.29 is 14.6 Å². The van der Waals surface area contributed by atoms with E-state index in [1.54, 1.807) is 0 Å². The standard InChI is InChI=1S/C12H22N4O3/c1-8(2)10-9(13)11(16-15-10)12(18)14-4-3-6-19-7-5-17/h8,17H,3-7,13H2,1-2H3,(H,14,18)(H,15,16). The summed E-state index contributed by atoms with van der Waals surface area (Å²) in [6.45, 7) is 5.25. The van der Waals surface area contributed by atoms with E-state index in [1.807, 2.05) is 13.8 Å². The first-order valence-corrected chi connectivity index (χ1v) is 6.38. The molecule has 0 saturated heterocycles. The van der Waals surface area contributed by atoms with Gasteiger partial charge in [-0.25, -0.2) is 0 Å². The van der Waals surface area contributed by atoms with Crippen molar-refractivity contribution in [3.8, 4) is 0 Å². The van der Waals surface area contributed by atoms with Crippen LogP contribution in [0.4, 0.5) is 5.69 Å². The minimum atomic E-state index is -0.289. The van der Waals surface area contributed by atoms with E-state index in [0.717, 1.165) is 5.69 Å². The van der Waals surface area contributed by atoms with E-state index in [-0.39, 0.29) is 24.1 Å². The molecular weight excluding hydrogens is 248 g/mol. The van der Waals surface area contributed by atoms with Crippen LogP contribution in [0.1, 0.15) is 42.4 Å². The van der Waals surface area contributed by atoms with Gasteiger partial charge in [-0.2, -0.15) is 5.10 Å². The molecule has 1 heterocycles. The number of ether oxygens (including phenoxy) is 1. The summed E-state index contributed by atoms with van der Waals surface area (Å²) < 4.78 is 5.08. The number of amides is 1. The van der Waals surface area contributed by atoms with Gasteiger partial charge in [0.05, 0.1) is 24.6 Å². The molecule has 1 rings (SSSR count). The molecule has 108 valence electrons. The number of hydrogen-bond donors (Lipinski definition) is 4. The minimum Gasteiger partial charge on any atom is -0.395 e. The molecule has 1 amide bonds. The summed E-state index contributed by atoms with van der Waals surface area (Å²) >= 11 is 0. The number of H-pyrrole nitrogens is 1. The highest BCUT2D eigenvalue weighted by molar-refractivity contribution is 5.97. The number of hydrogen-bond acceptors (Lipinski definition) is 5. The number of nitrogens with one attached hydrogen (secondary N) is 2. The Bertz CT molecular complexity index is 404. The number of rotatable bonds is 8. The molecule has 0 radical (unpaired) electrons. The summed E-state index contributed by atoms with van der Waals surface area (Å²) in [5.74, 6) is -0.0938. The van der Waals surface area contributed by atoms with Crippen LogP contribution in [-0.2, 0) is 4.74 Å². The summed E-state index contributed by atoms with van der Waals surface area (Å²) in [6.07, 6.45) is 0.674. The molecule has 0 aliphatic rings. The molecule has 0 aliphatic heterocycles. The molecule has 0 saturated carbocycles. The fourth-order valence-electron chi connectivity index (χ4n) is 1.60. The van der Waals surface area contributed by atoms with Crippen molar-refractivity contribution in [1.29, 1.82) is 0 Å². The Morgan fingerprint density at radius 2 is 2.26 bits per heavy atom. The Kier molecular flexibility index (Phi) is 6.31. The van der Waals surface area contributed by atoms with Crippen LogP contribution in [0.15, 0.2) is 0 Å². The van der Waals surface area contributed by atoms with E-state index in [2.05, 4.69) is 15.5 Å². The highest BCUT2D eigenvalue weighted by Crippen LogP contribution is 2.21. The van der Waals surface area contributed by atoms with Gasteiger partial charge in [-0.1, -0.05) is 13.8 Å². The number of aromatic amines is 1. The maximum absolute atomic E-state index is 11.8. The maximum atomic E-state index is 11.8. The zero-order valence-electron chi connectivity index (χ0n) is 11.4. The number of nitrogens with two attached hydrogens (primary N) is 1. The Balaban J connectivity index is 2.37. The number of carbonyl (C=O) groups is 1. The highest BCUT2D eigenvalue weighted by atomic mass is 16.5. The van der Waals surface area contributed by atoms with Gasteiger partial charge in [0, 0.05) is 13.2 Å². The zero-order chi connectivity index (χ0) is 14.3. The summed E-state index contributed by atoms with van der Waals surface area (Å²) in [6, 6.07) is 0. The second-order valence-corrected chi connectivity index (χ2v) is 4.50. The Labute approximate surface area is 112 Å². The minimum absolute atomic E-state index is 0.00808. The lowest BCUT2D eigenvalue weighted by Gasteiger charge is -2.05. The van der Waals surface area contributed by atoms with Crippen LogP contribution in [0, 0.1) is 0 Å². The largest absolute Gasteiger partial charge is 0.395 e. The third-order valence-corrected chi connectivity index (χ3v) is 2.61. The highest BCUT2D eigenvalue weighted by Gasteiger charge is 2.18. The first kappa shape index (κ1) is 15.5. The van der Waals surface area contributed by atoms with Crippen LogP contribution in [-0.4, -0.2) is 47.6 Å². The number of aromatic nitrogens is 2. The first-order valence-electron chi connectivity index (χ1n) is 6.38. The van der Waals surface area contributed by atoms with Crippen molar-refractivity contribution in [3.05, 3.63) is 11.4 Å². The van der Waals surface area contributed by atoms with Crippen molar-refractivity contribution in [1.82, 2.24) is 15.5 Å². The fraction of sp³-hybridized carbons (Fsp3) is 0.667. The van der Waals surface area contributed by atoms with Gasteiger partial charge in [-0.15, -0.1) is 0 Å². The number of carbonyl (C=O) groups excluding carboxylic acids is 1. The summed E-state index contributed by atoms with van der Waals surface area (Å²) in [4.78, 5) is 11.8. The molecule has 7 nitrogen and oxygen atoms in total. The van der Waals surface area contributed by atoms with Gasteiger partial charge in [0.15, 0.2) is 5.69 Å². The van der Waals surface area contributed by atoms with Crippen molar-refractivity contribution in [3.63, 3.8) is 0 Å². The zero-order valence-corrected chi connectivity index (χ0v) is 11.4. The number of nitrogen functional groups attached to an aromatic ring is 1. The van der Waals surface area contributed by atoms with Crippen LogP contribution in [0.2, 0.25) is 0 Å². The van der Waals surface area contributed by atoms with Gasteiger partial charge in [0.1, 0.15) is 0 Å². The van der Waals surface area contributed by atoms with Crippen LogP contribution in [0.5, 0.6) is 0 Å². The van der Waals surface area contributed by atoms with Gasteiger partial charge in [-0.3, -0.25) is 9.89 Å². The van der Waals surface area contributed by atoms with E-state index in [4.69, 9.17) is 15.6 Å². The molecule has 7 heteroatoms. The average molecular weight is 270 g/mol. The molecule has 0 unspecified atom stereocenters. The van der Waals surface area contributed by atoms with Crippen molar-refractivity contribution >= 4 is 11.6 Å². The third kappa shape index (κ3) is 4.53. The topological polar surface area (TPSA) is 113 Å². The third-order valence-electron chi connectivity index (χ3n) is 2.61. The van der Waals surface area contributed by atoms with E-state index in [0.29, 0.717) is 31.9 Å². The second kappa shape index (κ2) is 7.75. The normalized spacial score (nSPS) is 10.9. The van der Waals surface area contributed by atoms with Crippen LogP contribution in [0.25, 0.3) is 0 Å². The quantitative estimate of drug-likeness (QED) is 0.505. The van der Waals surface area contributed by atoms with Crippen molar-refractivity contribution in [2.24, 2.45) is 0 Å². The number of aliphatic hydroxyl groups is 1. The molecule has 0 atom stereocenters. The molecule has 1 aromatic heterocycles. The van der Waals surface area contributed by atoms with Crippen molar-refractivity contribution in [2.45, 2.75) is 26.2 Å². The van der Waals surface area contributed by atoms with Crippen LogP contribution in [0.3, 0.4) is 0 Å². The summed E-state index contributed by atoms with van der Waals surface area (Å²) in [5, 5.41) is 18.0. The SMILES string of the molecule is CC(C)c1[nH]nc(C(=O)NCCCOCCO)c1N. The van der Waals surface area contributed by atoms with Gasteiger partial charge in [0.25, 0.3) is 5.91 Å². The number of anilines is 1. The first-order chi connectivity index (χ1) is 9.07. The molecule has 0 aliphatic carbocycles. The average Bonchev–Trinajstić information content (AvgIpc) is 2.75. The Morgan fingerprint density at radius 3 is 2.84 bits per heavy atom.